The van der Waals surface area contributed by atoms with Crippen LogP contribution in [0, 0.1) is 5.82 Å². The average molecular weight is 379 g/mol. The van der Waals surface area contributed by atoms with Crippen LogP contribution in [0.25, 0.3) is 0 Å². The summed E-state index contributed by atoms with van der Waals surface area (Å²) in [6.45, 7) is 0. The minimum Gasteiger partial charge on any atom is -0.324 e. The maximum atomic E-state index is 13.2. The Bertz CT molecular complexity index is 507. The molecule has 5 heteroatoms. The number of hydrogen-bond acceptors (Lipinski definition) is 2. The normalized spacial score (nSPS) is 12.7. The summed E-state index contributed by atoms with van der Waals surface area (Å²) in [6.07, 6.45) is 0.625. The molecule has 2 N–H and O–H groups in total. The van der Waals surface area contributed by atoms with E-state index in [0.29, 0.717) is 6.42 Å². The van der Waals surface area contributed by atoms with Crippen molar-refractivity contribution in [2.24, 2.45) is 5.73 Å². The second-order valence-electron chi connectivity index (χ2n) is 3.77. The molecule has 1 unspecified atom stereocenters. The van der Waals surface area contributed by atoms with Crippen LogP contribution in [0.5, 0.6) is 0 Å². The van der Waals surface area contributed by atoms with Gasteiger partial charge in [-0.3, -0.25) is 0 Å². The Morgan fingerprint density at radius 2 is 2.00 bits per heavy atom. The number of hydrogen-bond donors (Lipinski definition) is 1. The number of thiophene rings is 1. The summed E-state index contributed by atoms with van der Waals surface area (Å²) in [5.74, 6) is -0.243. The van der Waals surface area contributed by atoms with E-state index in [-0.39, 0.29) is 11.9 Å². The lowest BCUT2D eigenvalue weighted by molar-refractivity contribution is 0.621. The summed E-state index contributed by atoms with van der Waals surface area (Å²) in [6, 6.07) is 6.75. The van der Waals surface area contributed by atoms with Gasteiger partial charge < -0.3 is 5.73 Å². The summed E-state index contributed by atoms with van der Waals surface area (Å²) in [7, 11) is 0. The summed E-state index contributed by atoms with van der Waals surface area (Å²) in [4.78, 5) is 0. The van der Waals surface area contributed by atoms with Crippen molar-refractivity contribution < 1.29 is 4.39 Å². The van der Waals surface area contributed by atoms with Crippen molar-refractivity contribution in [1.82, 2.24) is 0 Å². The first-order valence-electron chi connectivity index (χ1n) is 4.99. The summed E-state index contributed by atoms with van der Waals surface area (Å²) < 4.78 is 15.0. The van der Waals surface area contributed by atoms with Crippen LogP contribution in [0.3, 0.4) is 0 Å². The van der Waals surface area contributed by atoms with Gasteiger partial charge in [-0.2, -0.15) is 0 Å². The molecule has 1 aromatic carbocycles. The molecular weight excluding hydrogens is 369 g/mol. The van der Waals surface area contributed by atoms with Crippen LogP contribution in [0.2, 0.25) is 0 Å². The standard InChI is InChI=1S/C12H10Br2FNS/c13-9-1-7(2-10(15)5-9)3-11(16)8-4-12(14)17-6-8/h1-2,4-6,11H,3,16H2. The Balaban J connectivity index is 2.15. The minimum atomic E-state index is -0.243. The van der Waals surface area contributed by atoms with Gasteiger partial charge in [0.2, 0.25) is 0 Å². The summed E-state index contributed by atoms with van der Waals surface area (Å²) in [5.41, 5.74) is 8.06. The van der Waals surface area contributed by atoms with E-state index in [1.54, 1.807) is 11.3 Å². The van der Waals surface area contributed by atoms with E-state index < -0.39 is 0 Å². The lowest BCUT2D eigenvalue weighted by Gasteiger charge is -2.10. The van der Waals surface area contributed by atoms with Crippen molar-refractivity contribution in [3.8, 4) is 0 Å². The predicted octanol–water partition coefficient (Wildman–Crippen LogP) is 4.65. The van der Waals surface area contributed by atoms with Crippen molar-refractivity contribution in [2.75, 3.05) is 0 Å². The number of rotatable bonds is 3. The first kappa shape index (κ1) is 13.2. The van der Waals surface area contributed by atoms with E-state index in [2.05, 4.69) is 31.9 Å². The van der Waals surface area contributed by atoms with E-state index in [0.717, 1.165) is 19.4 Å². The van der Waals surface area contributed by atoms with E-state index in [1.807, 2.05) is 17.5 Å². The highest BCUT2D eigenvalue weighted by atomic mass is 79.9. The first-order chi connectivity index (χ1) is 8.04. The highest BCUT2D eigenvalue weighted by molar-refractivity contribution is 9.11. The molecule has 1 aromatic heterocycles. The summed E-state index contributed by atoms with van der Waals surface area (Å²) in [5, 5.41) is 2.02. The quantitative estimate of drug-likeness (QED) is 0.826. The molecule has 0 aliphatic rings. The fourth-order valence-electron chi connectivity index (χ4n) is 1.62. The Hall–Kier alpha value is -0.230. The average Bonchev–Trinajstić information content (AvgIpc) is 2.63. The van der Waals surface area contributed by atoms with Gasteiger partial charge in [-0.05, 0) is 63.1 Å². The zero-order chi connectivity index (χ0) is 12.4. The van der Waals surface area contributed by atoms with Gasteiger partial charge in [0.1, 0.15) is 5.82 Å². The molecule has 0 amide bonds. The van der Waals surface area contributed by atoms with Crippen LogP contribution in [-0.4, -0.2) is 0 Å². The Morgan fingerprint density at radius 1 is 1.24 bits per heavy atom. The van der Waals surface area contributed by atoms with E-state index in [9.17, 15) is 4.39 Å². The maximum Gasteiger partial charge on any atom is 0.124 e. The van der Waals surface area contributed by atoms with Crippen LogP contribution in [0.4, 0.5) is 4.39 Å². The van der Waals surface area contributed by atoms with Gasteiger partial charge in [0.05, 0.1) is 3.79 Å². The highest BCUT2D eigenvalue weighted by Gasteiger charge is 2.10. The molecule has 1 heterocycles. The highest BCUT2D eigenvalue weighted by Crippen LogP contribution is 2.26. The Morgan fingerprint density at radius 3 is 2.59 bits per heavy atom. The molecular formula is C12H10Br2FNS. The lowest BCUT2D eigenvalue weighted by atomic mass is 10.0. The number of nitrogens with two attached hydrogens (primary N) is 1. The molecule has 0 spiro atoms. The maximum absolute atomic E-state index is 13.2. The second-order valence-corrected chi connectivity index (χ2v) is 6.98. The van der Waals surface area contributed by atoms with Crippen molar-refractivity contribution >= 4 is 43.2 Å². The molecule has 0 saturated heterocycles. The molecule has 0 bridgehead atoms. The molecule has 0 fully saturated rings. The zero-order valence-corrected chi connectivity index (χ0v) is 12.8. The van der Waals surface area contributed by atoms with E-state index >= 15 is 0 Å². The Kier molecular flexibility index (Phi) is 4.36. The molecule has 2 aromatic rings. The fourth-order valence-corrected chi connectivity index (χ4v) is 3.37. The third-order valence-electron chi connectivity index (χ3n) is 2.39. The van der Waals surface area contributed by atoms with Crippen LogP contribution >= 0.6 is 43.2 Å². The topological polar surface area (TPSA) is 26.0 Å². The SMILES string of the molecule is NC(Cc1cc(F)cc(Br)c1)c1csc(Br)c1. The van der Waals surface area contributed by atoms with Gasteiger partial charge in [-0.1, -0.05) is 15.9 Å². The van der Waals surface area contributed by atoms with Crippen molar-refractivity contribution in [1.29, 1.82) is 0 Å². The van der Waals surface area contributed by atoms with E-state index in [1.165, 1.54) is 12.1 Å². The zero-order valence-electron chi connectivity index (χ0n) is 8.79. The van der Waals surface area contributed by atoms with Crippen molar-refractivity contribution in [3.63, 3.8) is 0 Å². The first-order valence-corrected chi connectivity index (χ1v) is 7.45. The molecule has 1 atom stereocenters. The molecule has 0 aliphatic heterocycles. The van der Waals surface area contributed by atoms with Crippen molar-refractivity contribution in [3.05, 3.63) is 54.8 Å². The minimum absolute atomic E-state index is 0.105. The fraction of sp³-hybridized carbons (Fsp3) is 0.167. The third kappa shape index (κ3) is 3.61. The molecule has 1 nitrogen and oxygen atoms in total. The molecule has 90 valence electrons. The molecule has 0 saturated carbocycles. The second kappa shape index (κ2) is 5.61. The molecule has 17 heavy (non-hydrogen) atoms. The third-order valence-corrected chi connectivity index (χ3v) is 4.37. The van der Waals surface area contributed by atoms with E-state index in [4.69, 9.17) is 5.73 Å². The van der Waals surface area contributed by atoms with Crippen LogP contribution in [-0.2, 0) is 6.42 Å². The van der Waals surface area contributed by atoms with Crippen LogP contribution < -0.4 is 5.73 Å². The van der Waals surface area contributed by atoms with Gasteiger partial charge in [0.15, 0.2) is 0 Å². The lowest BCUT2D eigenvalue weighted by Crippen LogP contribution is -2.12. The van der Waals surface area contributed by atoms with Crippen LogP contribution in [0.15, 0.2) is 37.9 Å². The molecule has 2 rings (SSSR count). The largest absolute Gasteiger partial charge is 0.324 e. The van der Waals surface area contributed by atoms with Gasteiger partial charge >= 0.3 is 0 Å². The van der Waals surface area contributed by atoms with Gasteiger partial charge in [0.25, 0.3) is 0 Å². The predicted molar refractivity (Wildman–Crippen MR) is 76.8 cm³/mol. The Labute approximate surface area is 120 Å². The molecule has 0 radical (unpaired) electrons. The van der Waals surface area contributed by atoms with Gasteiger partial charge in [-0.25, -0.2) is 4.39 Å². The van der Waals surface area contributed by atoms with Crippen LogP contribution in [0.1, 0.15) is 17.2 Å². The number of benzene rings is 1. The monoisotopic (exact) mass is 377 g/mol. The summed E-state index contributed by atoms with van der Waals surface area (Å²) >= 11 is 8.28. The van der Waals surface area contributed by atoms with Crippen molar-refractivity contribution in [2.45, 2.75) is 12.5 Å². The number of halogens is 3. The molecule has 0 aliphatic carbocycles. The van der Waals surface area contributed by atoms with Gasteiger partial charge in [-0.15, -0.1) is 11.3 Å². The smallest absolute Gasteiger partial charge is 0.124 e. The van der Waals surface area contributed by atoms with Gasteiger partial charge in [0, 0.05) is 10.5 Å².